The summed E-state index contributed by atoms with van der Waals surface area (Å²) in [6.07, 6.45) is 0.225. The van der Waals surface area contributed by atoms with Crippen LogP contribution in [0.5, 0.6) is 0 Å². The van der Waals surface area contributed by atoms with Crippen LogP contribution < -0.4 is 5.32 Å². The summed E-state index contributed by atoms with van der Waals surface area (Å²) in [5.41, 5.74) is 3.23. The lowest BCUT2D eigenvalue weighted by molar-refractivity contribution is -0.115. The molecular formula is C16H16ClNO2. The van der Waals surface area contributed by atoms with E-state index >= 15 is 0 Å². The minimum absolute atomic E-state index is 0.0480. The van der Waals surface area contributed by atoms with Crippen LogP contribution in [0.3, 0.4) is 0 Å². The molecule has 0 radical (unpaired) electrons. The molecule has 0 aromatic heterocycles. The summed E-state index contributed by atoms with van der Waals surface area (Å²) in [7, 11) is 0. The molecule has 1 amide bonds. The van der Waals surface area contributed by atoms with Gasteiger partial charge in [0.25, 0.3) is 0 Å². The largest absolute Gasteiger partial charge is 0.392 e. The van der Waals surface area contributed by atoms with Crippen molar-refractivity contribution in [3.05, 3.63) is 64.2 Å². The van der Waals surface area contributed by atoms with Crippen LogP contribution in [-0.2, 0) is 17.8 Å². The lowest BCUT2D eigenvalue weighted by Gasteiger charge is -2.10. The predicted molar refractivity (Wildman–Crippen MR) is 80.9 cm³/mol. The molecule has 0 atom stereocenters. The zero-order valence-corrected chi connectivity index (χ0v) is 11.9. The zero-order chi connectivity index (χ0) is 14.5. The van der Waals surface area contributed by atoms with Gasteiger partial charge < -0.3 is 10.4 Å². The summed E-state index contributed by atoms with van der Waals surface area (Å²) in [6, 6.07) is 12.8. The van der Waals surface area contributed by atoms with Crippen molar-refractivity contribution in [3.8, 4) is 0 Å². The fraction of sp³-hybridized carbons (Fsp3) is 0.188. The maximum atomic E-state index is 12.1. The van der Waals surface area contributed by atoms with Crippen molar-refractivity contribution in [1.29, 1.82) is 0 Å². The van der Waals surface area contributed by atoms with Crippen molar-refractivity contribution in [2.24, 2.45) is 0 Å². The first-order valence-electron chi connectivity index (χ1n) is 6.34. The average Bonchev–Trinajstić information content (AvgIpc) is 2.44. The molecular weight excluding hydrogens is 274 g/mol. The molecule has 0 spiro atoms. The van der Waals surface area contributed by atoms with Gasteiger partial charge in [-0.1, -0.05) is 41.9 Å². The van der Waals surface area contributed by atoms with Gasteiger partial charge in [0.15, 0.2) is 0 Å². The number of aliphatic hydroxyl groups is 1. The molecule has 2 aromatic carbocycles. The number of halogens is 1. The molecule has 0 fully saturated rings. The fourth-order valence-electron chi connectivity index (χ4n) is 1.91. The number of benzene rings is 2. The van der Waals surface area contributed by atoms with Gasteiger partial charge in [-0.2, -0.15) is 0 Å². The molecule has 0 bridgehead atoms. The SMILES string of the molecule is Cc1ccc(CO)cc1NC(=O)Cc1ccccc1Cl. The first-order chi connectivity index (χ1) is 9.60. The monoisotopic (exact) mass is 289 g/mol. The van der Waals surface area contributed by atoms with E-state index < -0.39 is 0 Å². The van der Waals surface area contributed by atoms with E-state index in [-0.39, 0.29) is 18.9 Å². The van der Waals surface area contributed by atoms with Crippen molar-refractivity contribution < 1.29 is 9.90 Å². The summed E-state index contributed by atoms with van der Waals surface area (Å²) in [5, 5.41) is 12.6. The highest BCUT2D eigenvalue weighted by Crippen LogP contribution is 2.19. The first kappa shape index (κ1) is 14.6. The van der Waals surface area contributed by atoms with Crippen LogP contribution in [0.1, 0.15) is 16.7 Å². The summed E-state index contributed by atoms with van der Waals surface area (Å²) in [5.74, 6) is -0.128. The van der Waals surface area contributed by atoms with Crippen LogP contribution in [-0.4, -0.2) is 11.0 Å². The second-order valence-electron chi connectivity index (χ2n) is 4.62. The maximum Gasteiger partial charge on any atom is 0.228 e. The van der Waals surface area contributed by atoms with Gasteiger partial charge in [0.1, 0.15) is 0 Å². The normalized spacial score (nSPS) is 10.3. The van der Waals surface area contributed by atoms with Crippen molar-refractivity contribution >= 4 is 23.2 Å². The molecule has 0 aliphatic heterocycles. The molecule has 2 N–H and O–H groups in total. The van der Waals surface area contributed by atoms with E-state index in [1.807, 2.05) is 37.3 Å². The topological polar surface area (TPSA) is 49.3 Å². The third-order valence-electron chi connectivity index (χ3n) is 3.07. The highest BCUT2D eigenvalue weighted by molar-refractivity contribution is 6.31. The van der Waals surface area contributed by atoms with E-state index in [9.17, 15) is 4.79 Å². The Morgan fingerprint density at radius 3 is 2.70 bits per heavy atom. The van der Waals surface area contributed by atoms with Gasteiger partial charge in [0.2, 0.25) is 5.91 Å². The number of hydrogen-bond donors (Lipinski definition) is 2. The smallest absolute Gasteiger partial charge is 0.228 e. The van der Waals surface area contributed by atoms with Gasteiger partial charge in [-0.3, -0.25) is 4.79 Å². The Balaban J connectivity index is 2.10. The number of amides is 1. The minimum atomic E-state index is -0.128. The average molecular weight is 290 g/mol. The molecule has 0 heterocycles. The van der Waals surface area contributed by atoms with Crippen molar-refractivity contribution in [3.63, 3.8) is 0 Å². The minimum Gasteiger partial charge on any atom is -0.392 e. The van der Waals surface area contributed by atoms with Crippen molar-refractivity contribution in [2.45, 2.75) is 20.0 Å². The molecule has 0 aliphatic rings. The standard InChI is InChI=1S/C16H16ClNO2/c1-11-6-7-12(10-19)8-15(11)18-16(20)9-13-4-2-3-5-14(13)17/h2-8,19H,9-10H2,1H3,(H,18,20). The third-order valence-corrected chi connectivity index (χ3v) is 3.44. The molecule has 3 nitrogen and oxygen atoms in total. The molecule has 20 heavy (non-hydrogen) atoms. The number of hydrogen-bond acceptors (Lipinski definition) is 2. The molecule has 2 aromatic rings. The number of aliphatic hydroxyl groups excluding tert-OH is 1. The van der Waals surface area contributed by atoms with Crippen LogP contribution in [0.2, 0.25) is 5.02 Å². The molecule has 0 saturated heterocycles. The van der Waals surface area contributed by atoms with Gasteiger partial charge in [-0.15, -0.1) is 0 Å². The van der Waals surface area contributed by atoms with Gasteiger partial charge >= 0.3 is 0 Å². The zero-order valence-electron chi connectivity index (χ0n) is 11.2. The highest BCUT2D eigenvalue weighted by Gasteiger charge is 2.08. The van der Waals surface area contributed by atoms with Gasteiger partial charge in [-0.25, -0.2) is 0 Å². The Labute approximate surface area is 123 Å². The van der Waals surface area contributed by atoms with Crippen LogP contribution in [0.4, 0.5) is 5.69 Å². The second-order valence-corrected chi connectivity index (χ2v) is 5.03. The maximum absolute atomic E-state index is 12.1. The van der Waals surface area contributed by atoms with Crippen LogP contribution in [0, 0.1) is 6.92 Å². The Kier molecular flexibility index (Phi) is 4.77. The second kappa shape index (κ2) is 6.55. The van der Waals surface area contributed by atoms with Crippen LogP contribution in [0.25, 0.3) is 0 Å². The number of nitrogens with one attached hydrogen (secondary N) is 1. The van der Waals surface area contributed by atoms with Gasteiger partial charge in [-0.05, 0) is 35.7 Å². The number of rotatable bonds is 4. The lowest BCUT2D eigenvalue weighted by Crippen LogP contribution is -2.15. The first-order valence-corrected chi connectivity index (χ1v) is 6.71. The van der Waals surface area contributed by atoms with E-state index in [4.69, 9.17) is 16.7 Å². The predicted octanol–water partition coefficient (Wildman–Crippen LogP) is 3.32. The van der Waals surface area contributed by atoms with Crippen molar-refractivity contribution in [2.75, 3.05) is 5.32 Å². The number of aryl methyl sites for hydroxylation is 1. The summed E-state index contributed by atoms with van der Waals surface area (Å²) < 4.78 is 0. The Morgan fingerprint density at radius 2 is 2.00 bits per heavy atom. The van der Waals surface area contributed by atoms with E-state index in [2.05, 4.69) is 5.32 Å². The van der Waals surface area contributed by atoms with E-state index in [1.165, 1.54) is 0 Å². The summed E-state index contributed by atoms with van der Waals surface area (Å²) in [4.78, 5) is 12.1. The molecule has 4 heteroatoms. The third kappa shape index (κ3) is 3.59. The summed E-state index contributed by atoms with van der Waals surface area (Å²) in [6.45, 7) is 1.86. The number of carbonyl (C=O) groups is 1. The molecule has 104 valence electrons. The van der Waals surface area contributed by atoms with Crippen molar-refractivity contribution in [1.82, 2.24) is 0 Å². The Hall–Kier alpha value is -1.84. The fourth-order valence-corrected chi connectivity index (χ4v) is 2.11. The Morgan fingerprint density at radius 1 is 1.25 bits per heavy atom. The number of anilines is 1. The van der Waals surface area contributed by atoms with Crippen LogP contribution in [0.15, 0.2) is 42.5 Å². The van der Waals surface area contributed by atoms with E-state index in [0.29, 0.717) is 10.7 Å². The molecule has 2 rings (SSSR count). The summed E-state index contributed by atoms with van der Waals surface area (Å²) >= 11 is 6.04. The van der Waals surface area contributed by atoms with Gasteiger partial charge in [0.05, 0.1) is 13.0 Å². The molecule has 0 saturated carbocycles. The molecule has 0 aliphatic carbocycles. The Bertz CT molecular complexity index is 626. The van der Waals surface area contributed by atoms with E-state index in [1.54, 1.807) is 12.1 Å². The molecule has 0 unspecified atom stereocenters. The van der Waals surface area contributed by atoms with Crippen LogP contribution >= 0.6 is 11.6 Å². The van der Waals surface area contributed by atoms with E-state index in [0.717, 1.165) is 16.7 Å². The van der Waals surface area contributed by atoms with Gasteiger partial charge in [0, 0.05) is 10.7 Å². The lowest BCUT2D eigenvalue weighted by atomic mass is 10.1. The highest BCUT2D eigenvalue weighted by atomic mass is 35.5. The number of carbonyl (C=O) groups excluding carboxylic acids is 1. The quantitative estimate of drug-likeness (QED) is 0.907.